The van der Waals surface area contributed by atoms with Crippen molar-refractivity contribution in [1.82, 2.24) is 9.97 Å². The summed E-state index contributed by atoms with van der Waals surface area (Å²) in [5, 5.41) is 3.04. The molecule has 1 aromatic heterocycles. The second-order valence-corrected chi connectivity index (χ2v) is 4.29. The van der Waals surface area contributed by atoms with E-state index in [0.717, 1.165) is 17.2 Å². The topological polar surface area (TPSA) is 37.8 Å². The summed E-state index contributed by atoms with van der Waals surface area (Å²) in [5.41, 5.74) is 4.84. The van der Waals surface area contributed by atoms with Crippen LogP contribution in [0.15, 0.2) is 24.4 Å². The van der Waals surface area contributed by atoms with Gasteiger partial charge in [-0.1, -0.05) is 17.7 Å². The summed E-state index contributed by atoms with van der Waals surface area (Å²) in [6.45, 7) is 6.31. The number of nitrogens with zero attached hydrogens (tertiary/aromatic N) is 2. The van der Waals surface area contributed by atoms with Crippen LogP contribution in [0, 0.1) is 20.8 Å². The second kappa shape index (κ2) is 4.53. The molecule has 0 unspecified atom stereocenters. The molecule has 2 rings (SSSR count). The lowest BCUT2D eigenvalue weighted by molar-refractivity contribution is 1.15. The number of benzene rings is 1. The van der Waals surface area contributed by atoms with Crippen LogP contribution in [0.3, 0.4) is 0 Å². The zero-order valence-corrected chi connectivity index (χ0v) is 10.7. The Morgan fingerprint density at radius 3 is 2.29 bits per heavy atom. The molecule has 0 saturated carbocycles. The molecule has 0 atom stereocenters. The number of hydrogen-bond acceptors (Lipinski definition) is 3. The molecule has 0 aliphatic heterocycles. The highest BCUT2D eigenvalue weighted by Crippen LogP contribution is 2.25. The first-order valence-corrected chi connectivity index (χ1v) is 5.71. The molecule has 3 heteroatoms. The maximum absolute atomic E-state index is 4.49. The number of aromatic nitrogens is 2. The van der Waals surface area contributed by atoms with Crippen LogP contribution in [0.2, 0.25) is 0 Å². The van der Waals surface area contributed by atoms with Crippen molar-refractivity contribution in [2.45, 2.75) is 20.8 Å². The summed E-state index contributed by atoms with van der Waals surface area (Å²) in [4.78, 5) is 8.85. The Kier molecular flexibility index (Phi) is 3.09. The molecule has 0 aliphatic carbocycles. The molecule has 17 heavy (non-hydrogen) atoms. The highest BCUT2D eigenvalue weighted by atomic mass is 15.0. The van der Waals surface area contributed by atoms with Gasteiger partial charge >= 0.3 is 0 Å². The molecule has 3 nitrogen and oxygen atoms in total. The van der Waals surface area contributed by atoms with Crippen molar-refractivity contribution in [1.29, 1.82) is 0 Å². The van der Waals surface area contributed by atoms with Gasteiger partial charge in [0.25, 0.3) is 0 Å². The van der Waals surface area contributed by atoms with Gasteiger partial charge < -0.3 is 5.32 Å². The van der Waals surface area contributed by atoms with E-state index in [4.69, 9.17) is 0 Å². The fourth-order valence-electron chi connectivity index (χ4n) is 2.15. The van der Waals surface area contributed by atoms with Crippen molar-refractivity contribution in [3.05, 3.63) is 41.1 Å². The van der Waals surface area contributed by atoms with Gasteiger partial charge in [0.15, 0.2) is 5.82 Å². The third-order valence-corrected chi connectivity index (χ3v) is 2.81. The Labute approximate surface area is 102 Å². The van der Waals surface area contributed by atoms with Crippen molar-refractivity contribution < 1.29 is 0 Å². The van der Waals surface area contributed by atoms with E-state index in [1.54, 1.807) is 6.20 Å². The van der Waals surface area contributed by atoms with E-state index in [-0.39, 0.29) is 0 Å². The van der Waals surface area contributed by atoms with Crippen LogP contribution in [0.5, 0.6) is 0 Å². The Balaban J connectivity index is 2.60. The predicted octanol–water partition coefficient (Wildman–Crippen LogP) is 3.11. The summed E-state index contributed by atoms with van der Waals surface area (Å²) < 4.78 is 0. The highest BCUT2D eigenvalue weighted by Gasteiger charge is 2.09. The average Bonchev–Trinajstić information content (AvgIpc) is 2.28. The number of anilines is 1. The standard InChI is InChI=1S/C14H17N3/c1-9-7-10(2)13(11(3)8-9)14-16-6-5-12(15-4)17-14/h5-8H,1-4H3,(H,15,16,17). The third-order valence-electron chi connectivity index (χ3n) is 2.81. The first kappa shape index (κ1) is 11.6. The molecule has 88 valence electrons. The largest absolute Gasteiger partial charge is 0.373 e. The molecule has 0 aliphatic rings. The van der Waals surface area contributed by atoms with Crippen LogP contribution in [0.1, 0.15) is 16.7 Å². The lowest BCUT2D eigenvalue weighted by Crippen LogP contribution is -1.98. The van der Waals surface area contributed by atoms with Crippen molar-refractivity contribution in [2.75, 3.05) is 12.4 Å². The fraction of sp³-hybridized carbons (Fsp3) is 0.286. The van der Waals surface area contributed by atoms with Gasteiger partial charge in [-0.25, -0.2) is 9.97 Å². The Morgan fingerprint density at radius 1 is 1.06 bits per heavy atom. The summed E-state index contributed by atoms with van der Waals surface area (Å²) in [6, 6.07) is 6.19. The van der Waals surface area contributed by atoms with Crippen LogP contribution >= 0.6 is 0 Å². The summed E-state index contributed by atoms with van der Waals surface area (Å²) in [6.07, 6.45) is 1.78. The van der Waals surface area contributed by atoms with Crippen LogP contribution in [-0.4, -0.2) is 17.0 Å². The Morgan fingerprint density at radius 2 is 1.71 bits per heavy atom. The quantitative estimate of drug-likeness (QED) is 0.856. The minimum Gasteiger partial charge on any atom is -0.373 e. The van der Waals surface area contributed by atoms with Crippen molar-refractivity contribution in [3.8, 4) is 11.4 Å². The minimum atomic E-state index is 0.784. The molecule has 1 N–H and O–H groups in total. The zero-order valence-electron chi connectivity index (χ0n) is 10.7. The normalized spacial score (nSPS) is 10.4. The van der Waals surface area contributed by atoms with E-state index in [2.05, 4.69) is 48.2 Å². The van der Waals surface area contributed by atoms with Crippen molar-refractivity contribution >= 4 is 5.82 Å². The predicted molar refractivity (Wildman–Crippen MR) is 71.2 cm³/mol. The van der Waals surface area contributed by atoms with Crippen LogP contribution in [0.4, 0.5) is 5.82 Å². The number of nitrogens with one attached hydrogen (secondary N) is 1. The molecule has 0 saturated heterocycles. The molecular weight excluding hydrogens is 210 g/mol. The lowest BCUT2D eigenvalue weighted by Gasteiger charge is -2.10. The van der Waals surface area contributed by atoms with Gasteiger partial charge in [0.05, 0.1) is 0 Å². The Bertz CT molecular complexity index is 524. The van der Waals surface area contributed by atoms with Crippen LogP contribution < -0.4 is 5.32 Å². The monoisotopic (exact) mass is 227 g/mol. The lowest BCUT2D eigenvalue weighted by atomic mass is 9.99. The fourth-order valence-corrected chi connectivity index (χ4v) is 2.15. The molecule has 0 spiro atoms. The van der Waals surface area contributed by atoms with Gasteiger partial charge in [-0.15, -0.1) is 0 Å². The molecule has 0 amide bonds. The van der Waals surface area contributed by atoms with E-state index in [0.29, 0.717) is 0 Å². The van der Waals surface area contributed by atoms with Crippen molar-refractivity contribution in [3.63, 3.8) is 0 Å². The maximum Gasteiger partial charge on any atom is 0.162 e. The molecule has 1 heterocycles. The molecule has 0 fully saturated rings. The van der Waals surface area contributed by atoms with E-state index in [1.807, 2.05) is 13.1 Å². The van der Waals surface area contributed by atoms with Crippen molar-refractivity contribution in [2.24, 2.45) is 0 Å². The van der Waals surface area contributed by atoms with E-state index < -0.39 is 0 Å². The molecule has 1 aromatic carbocycles. The van der Waals surface area contributed by atoms with Gasteiger partial charge in [0.1, 0.15) is 5.82 Å². The van der Waals surface area contributed by atoms with E-state index >= 15 is 0 Å². The maximum atomic E-state index is 4.49. The minimum absolute atomic E-state index is 0.784. The van der Waals surface area contributed by atoms with Crippen LogP contribution in [0.25, 0.3) is 11.4 Å². The number of rotatable bonds is 2. The zero-order chi connectivity index (χ0) is 12.4. The SMILES string of the molecule is CNc1ccnc(-c2c(C)cc(C)cc2C)n1. The first-order chi connectivity index (χ1) is 8.11. The van der Waals surface area contributed by atoms with E-state index in [1.165, 1.54) is 16.7 Å². The molecule has 2 aromatic rings. The molecule has 0 bridgehead atoms. The van der Waals surface area contributed by atoms with Crippen LogP contribution in [-0.2, 0) is 0 Å². The number of aryl methyl sites for hydroxylation is 3. The van der Waals surface area contributed by atoms with Gasteiger partial charge in [0, 0.05) is 18.8 Å². The number of hydrogen-bond donors (Lipinski definition) is 1. The van der Waals surface area contributed by atoms with Gasteiger partial charge in [-0.3, -0.25) is 0 Å². The average molecular weight is 227 g/mol. The summed E-state index contributed by atoms with van der Waals surface area (Å²) in [7, 11) is 1.86. The molecule has 0 radical (unpaired) electrons. The summed E-state index contributed by atoms with van der Waals surface area (Å²) in [5.74, 6) is 1.63. The van der Waals surface area contributed by atoms with Gasteiger partial charge in [-0.2, -0.15) is 0 Å². The van der Waals surface area contributed by atoms with Gasteiger partial charge in [0.2, 0.25) is 0 Å². The summed E-state index contributed by atoms with van der Waals surface area (Å²) >= 11 is 0. The first-order valence-electron chi connectivity index (χ1n) is 5.71. The van der Waals surface area contributed by atoms with Gasteiger partial charge in [-0.05, 0) is 38.0 Å². The van der Waals surface area contributed by atoms with E-state index in [9.17, 15) is 0 Å². The molecular formula is C14H17N3. The Hall–Kier alpha value is -1.90. The third kappa shape index (κ3) is 2.28. The smallest absolute Gasteiger partial charge is 0.162 e. The highest BCUT2D eigenvalue weighted by molar-refractivity contribution is 5.66. The second-order valence-electron chi connectivity index (χ2n) is 4.29.